The standard InChI is InChI=1S/C26H32N8O4/c1-16(2)38-20-14-34(15-20)25(35)31-23-7-9-33(26(36)37)12-18-10-17(4-5-21(18)23)22-6-8-27-24(30-22)29-19-11-28-32(3)13-19/h4-6,8,10-11,13,16,20,23H,7,9,12,14-15H2,1-3H3,(H,31,35)(H,36,37)(H,27,29,30). The summed E-state index contributed by atoms with van der Waals surface area (Å²) < 4.78 is 7.44. The smallest absolute Gasteiger partial charge is 0.407 e. The van der Waals surface area contributed by atoms with E-state index in [0.717, 1.165) is 22.4 Å². The van der Waals surface area contributed by atoms with E-state index >= 15 is 0 Å². The third-order valence-corrected chi connectivity index (χ3v) is 6.65. The fourth-order valence-electron chi connectivity index (χ4n) is 4.79. The summed E-state index contributed by atoms with van der Waals surface area (Å²) in [6, 6.07) is 7.18. The van der Waals surface area contributed by atoms with Gasteiger partial charge in [-0.05, 0) is 43.5 Å². The maximum Gasteiger partial charge on any atom is 0.407 e. The quantitative estimate of drug-likeness (QED) is 0.450. The van der Waals surface area contributed by atoms with Crippen LogP contribution < -0.4 is 10.6 Å². The van der Waals surface area contributed by atoms with E-state index in [2.05, 4.69) is 25.7 Å². The van der Waals surface area contributed by atoms with Gasteiger partial charge in [0, 0.05) is 38.1 Å². The molecule has 0 bridgehead atoms. The Morgan fingerprint density at radius 2 is 2.00 bits per heavy atom. The van der Waals surface area contributed by atoms with Crippen LogP contribution in [0.2, 0.25) is 0 Å². The Hall–Kier alpha value is -4.19. The number of aromatic nitrogens is 4. The minimum atomic E-state index is -0.991. The summed E-state index contributed by atoms with van der Waals surface area (Å²) in [7, 11) is 1.83. The van der Waals surface area contributed by atoms with E-state index in [1.165, 1.54) is 4.90 Å². The second-order valence-corrected chi connectivity index (χ2v) is 9.91. The summed E-state index contributed by atoms with van der Waals surface area (Å²) in [6.45, 7) is 5.60. The van der Waals surface area contributed by atoms with Crippen LogP contribution in [0.4, 0.5) is 21.2 Å². The van der Waals surface area contributed by atoms with Crippen molar-refractivity contribution in [3.63, 3.8) is 0 Å². The van der Waals surface area contributed by atoms with Crippen molar-refractivity contribution in [1.82, 2.24) is 34.9 Å². The highest BCUT2D eigenvalue weighted by Gasteiger charge is 2.34. The summed E-state index contributed by atoms with van der Waals surface area (Å²) in [4.78, 5) is 36.9. The van der Waals surface area contributed by atoms with Crippen molar-refractivity contribution < 1.29 is 19.4 Å². The number of carboxylic acid groups (broad SMARTS) is 1. The molecular weight excluding hydrogens is 488 g/mol. The van der Waals surface area contributed by atoms with Crippen LogP contribution in [0.5, 0.6) is 0 Å². The Kier molecular flexibility index (Phi) is 7.14. The number of carbonyl (C=O) groups excluding carboxylic acids is 1. The van der Waals surface area contributed by atoms with Gasteiger partial charge < -0.3 is 30.3 Å². The number of rotatable bonds is 6. The molecule has 38 heavy (non-hydrogen) atoms. The number of amides is 3. The van der Waals surface area contributed by atoms with Gasteiger partial charge in [-0.25, -0.2) is 19.6 Å². The first-order valence-electron chi connectivity index (χ1n) is 12.7. The first-order valence-corrected chi connectivity index (χ1v) is 12.7. The van der Waals surface area contributed by atoms with Crippen molar-refractivity contribution in [3.05, 3.63) is 54.0 Å². The molecule has 1 saturated heterocycles. The van der Waals surface area contributed by atoms with Gasteiger partial charge in [-0.15, -0.1) is 0 Å². The van der Waals surface area contributed by atoms with E-state index < -0.39 is 6.09 Å². The van der Waals surface area contributed by atoms with Crippen LogP contribution in [-0.4, -0.2) is 78.6 Å². The van der Waals surface area contributed by atoms with Crippen molar-refractivity contribution in [2.75, 3.05) is 25.0 Å². The number of likely N-dealkylation sites (tertiary alicyclic amines) is 1. The average molecular weight is 521 g/mol. The number of fused-ring (bicyclic) bond motifs is 1. The Labute approximate surface area is 220 Å². The molecule has 0 radical (unpaired) electrons. The molecule has 12 nitrogen and oxygen atoms in total. The predicted molar refractivity (Wildman–Crippen MR) is 140 cm³/mol. The second-order valence-electron chi connectivity index (χ2n) is 9.91. The third-order valence-electron chi connectivity index (χ3n) is 6.65. The van der Waals surface area contributed by atoms with Crippen LogP contribution >= 0.6 is 0 Å². The van der Waals surface area contributed by atoms with Crippen LogP contribution in [0, 0.1) is 0 Å². The van der Waals surface area contributed by atoms with Crippen LogP contribution in [0.3, 0.4) is 0 Å². The Bertz CT molecular complexity index is 1320. The number of nitrogens with zero attached hydrogens (tertiary/aromatic N) is 6. The van der Waals surface area contributed by atoms with Gasteiger partial charge in [0.05, 0.1) is 48.9 Å². The molecule has 3 N–H and O–H groups in total. The summed E-state index contributed by atoms with van der Waals surface area (Å²) in [5.74, 6) is 0.428. The number of benzene rings is 1. The van der Waals surface area contributed by atoms with E-state index in [-0.39, 0.29) is 30.8 Å². The number of nitrogens with one attached hydrogen (secondary N) is 2. The molecule has 2 aliphatic heterocycles. The fourth-order valence-corrected chi connectivity index (χ4v) is 4.79. The molecule has 1 fully saturated rings. The molecule has 12 heteroatoms. The molecule has 3 aromatic rings. The Morgan fingerprint density at radius 1 is 1.18 bits per heavy atom. The number of hydrogen-bond donors (Lipinski definition) is 3. The number of urea groups is 1. The highest BCUT2D eigenvalue weighted by atomic mass is 16.5. The third kappa shape index (κ3) is 5.70. The first kappa shape index (κ1) is 25.5. The first-order chi connectivity index (χ1) is 18.2. The number of hydrogen-bond acceptors (Lipinski definition) is 7. The SMILES string of the molecule is CC(C)OC1CN(C(=O)NC2CCN(C(=O)O)Cc3cc(-c4ccnc(Nc5cnn(C)c5)n4)ccc32)C1. The van der Waals surface area contributed by atoms with Gasteiger partial charge in [0.25, 0.3) is 0 Å². The van der Waals surface area contributed by atoms with Crippen molar-refractivity contribution in [1.29, 1.82) is 0 Å². The Morgan fingerprint density at radius 3 is 2.71 bits per heavy atom. The van der Waals surface area contributed by atoms with Crippen LogP contribution in [0.1, 0.15) is 37.4 Å². The van der Waals surface area contributed by atoms with Gasteiger partial charge in [0.15, 0.2) is 0 Å². The highest BCUT2D eigenvalue weighted by molar-refractivity contribution is 5.76. The zero-order chi connectivity index (χ0) is 26.8. The van der Waals surface area contributed by atoms with Crippen molar-refractivity contribution in [3.8, 4) is 11.3 Å². The summed E-state index contributed by atoms with van der Waals surface area (Å²) >= 11 is 0. The van der Waals surface area contributed by atoms with Crippen molar-refractivity contribution in [2.24, 2.45) is 7.05 Å². The summed E-state index contributed by atoms with van der Waals surface area (Å²) in [5, 5.41) is 20.1. The molecule has 0 aliphatic carbocycles. The van der Waals surface area contributed by atoms with Gasteiger partial charge in [0.1, 0.15) is 0 Å². The molecule has 5 rings (SSSR count). The zero-order valence-electron chi connectivity index (χ0n) is 21.7. The number of carbonyl (C=O) groups is 2. The second kappa shape index (κ2) is 10.7. The number of aryl methyl sites for hydroxylation is 1. The number of anilines is 2. The molecular formula is C26H32N8O4. The minimum Gasteiger partial charge on any atom is -0.465 e. The lowest BCUT2D eigenvalue weighted by Gasteiger charge is -2.40. The van der Waals surface area contributed by atoms with Crippen LogP contribution in [-0.2, 0) is 18.3 Å². The topological polar surface area (TPSA) is 138 Å². The molecule has 4 heterocycles. The lowest BCUT2D eigenvalue weighted by molar-refractivity contribution is -0.0644. The fraction of sp³-hybridized carbons (Fsp3) is 0.423. The lowest BCUT2D eigenvalue weighted by atomic mass is 9.96. The molecule has 0 saturated carbocycles. The minimum absolute atomic E-state index is 0.0534. The van der Waals surface area contributed by atoms with E-state index in [9.17, 15) is 14.7 Å². The lowest BCUT2D eigenvalue weighted by Crippen LogP contribution is -2.58. The summed E-state index contributed by atoms with van der Waals surface area (Å²) in [5.41, 5.74) is 4.03. The number of ether oxygens (including phenoxy) is 1. The Balaban J connectivity index is 1.36. The van der Waals surface area contributed by atoms with Crippen molar-refractivity contribution in [2.45, 2.75) is 45.1 Å². The predicted octanol–water partition coefficient (Wildman–Crippen LogP) is 3.36. The van der Waals surface area contributed by atoms with E-state index in [4.69, 9.17) is 4.74 Å². The molecule has 2 aliphatic rings. The maximum absolute atomic E-state index is 12.9. The van der Waals surface area contributed by atoms with Crippen molar-refractivity contribution >= 4 is 23.8 Å². The van der Waals surface area contributed by atoms with E-state index in [0.29, 0.717) is 37.7 Å². The van der Waals surface area contributed by atoms with Gasteiger partial charge in [-0.1, -0.05) is 12.1 Å². The normalized spacial score (nSPS) is 17.5. The van der Waals surface area contributed by atoms with Crippen LogP contribution in [0.25, 0.3) is 11.3 Å². The van der Waals surface area contributed by atoms with Gasteiger partial charge in [-0.2, -0.15) is 5.10 Å². The molecule has 3 amide bonds. The summed E-state index contributed by atoms with van der Waals surface area (Å²) in [6.07, 6.45) is 4.84. The molecule has 200 valence electrons. The van der Waals surface area contributed by atoms with Gasteiger partial charge >= 0.3 is 12.1 Å². The van der Waals surface area contributed by atoms with E-state index in [1.807, 2.05) is 45.3 Å². The van der Waals surface area contributed by atoms with Crippen LogP contribution in [0.15, 0.2) is 42.9 Å². The van der Waals surface area contributed by atoms with Gasteiger partial charge in [-0.3, -0.25) is 4.68 Å². The largest absolute Gasteiger partial charge is 0.465 e. The monoisotopic (exact) mass is 520 g/mol. The van der Waals surface area contributed by atoms with Gasteiger partial charge in [0.2, 0.25) is 5.95 Å². The van der Waals surface area contributed by atoms with E-state index in [1.54, 1.807) is 28.0 Å². The maximum atomic E-state index is 12.9. The molecule has 1 unspecified atom stereocenters. The molecule has 2 aromatic heterocycles. The molecule has 0 spiro atoms. The zero-order valence-corrected chi connectivity index (χ0v) is 21.7. The highest BCUT2D eigenvalue weighted by Crippen LogP contribution is 2.31. The average Bonchev–Trinajstić information content (AvgIpc) is 3.17. The molecule has 1 aromatic carbocycles. The molecule has 1 atom stereocenters.